The van der Waals surface area contributed by atoms with Crippen LogP contribution in [0.15, 0.2) is 36.9 Å². The summed E-state index contributed by atoms with van der Waals surface area (Å²) in [4.78, 5) is 0. The van der Waals surface area contributed by atoms with E-state index in [9.17, 15) is 0 Å². The van der Waals surface area contributed by atoms with Crippen molar-refractivity contribution >= 4 is 0 Å². The molecule has 0 saturated carbocycles. The maximum atomic E-state index is 5.79. The van der Waals surface area contributed by atoms with Crippen LogP contribution in [0.25, 0.3) is 0 Å². The number of hydrogen-bond acceptors (Lipinski definition) is 2. The van der Waals surface area contributed by atoms with Gasteiger partial charge in [0.25, 0.3) is 0 Å². The van der Waals surface area contributed by atoms with E-state index in [2.05, 4.69) is 12.6 Å². The Hall–Kier alpha value is -1.28. The molecule has 0 spiro atoms. The SMILES string of the molecule is C=CCCCCCOc1ccccc1CCN. The minimum absolute atomic E-state index is 0.666. The predicted molar refractivity (Wildman–Crippen MR) is 73.4 cm³/mol. The number of benzene rings is 1. The third kappa shape index (κ3) is 5.55. The van der Waals surface area contributed by atoms with E-state index in [-0.39, 0.29) is 0 Å². The summed E-state index contributed by atoms with van der Waals surface area (Å²) in [7, 11) is 0. The van der Waals surface area contributed by atoms with Crippen LogP contribution in [0.3, 0.4) is 0 Å². The highest BCUT2D eigenvalue weighted by Crippen LogP contribution is 2.18. The van der Waals surface area contributed by atoms with Crippen LogP contribution in [0.4, 0.5) is 0 Å². The number of unbranched alkanes of at least 4 members (excludes halogenated alkanes) is 3. The highest BCUT2D eigenvalue weighted by molar-refractivity contribution is 5.33. The molecular weight excluding hydrogens is 210 g/mol. The first-order chi connectivity index (χ1) is 8.38. The Bertz CT molecular complexity index is 322. The van der Waals surface area contributed by atoms with E-state index in [1.165, 1.54) is 18.4 Å². The van der Waals surface area contributed by atoms with Crippen molar-refractivity contribution in [2.24, 2.45) is 5.73 Å². The molecule has 0 amide bonds. The van der Waals surface area contributed by atoms with E-state index in [4.69, 9.17) is 10.5 Å². The van der Waals surface area contributed by atoms with Crippen LogP contribution >= 0.6 is 0 Å². The van der Waals surface area contributed by atoms with Gasteiger partial charge in [0.1, 0.15) is 5.75 Å². The van der Waals surface area contributed by atoms with Crippen molar-refractivity contribution in [2.75, 3.05) is 13.2 Å². The lowest BCUT2D eigenvalue weighted by molar-refractivity contribution is 0.302. The Balaban J connectivity index is 2.28. The van der Waals surface area contributed by atoms with Crippen LogP contribution in [-0.2, 0) is 6.42 Å². The molecule has 0 radical (unpaired) electrons. The Morgan fingerprint density at radius 3 is 2.76 bits per heavy atom. The minimum atomic E-state index is 0.666. The Labute approximate surface area is 104 Å². The average molecular weight is 233 g/mol. The van der Waals surface area contributed by atoms with Gasteiger partial charge in [-0.25, -0.2) is 0 Å². The first-order valence-electron chi connectivity index (χ1n) is 6.40. The zero-order valence-corrected chi connectivity index (χ0v) is 10.5. The number of ether oxygens (including phenoxy) is 1. The van der Waals surface area contributed by atoms with Crippen molar-refractivity contribution in [3.8, 4) is 5.75 Å². The van der Waals surface area contributed by atoms with Gasteiger partial charge >= 0.3 is 0 Å². The number of nitrogens with two attached hydrogens (primary N) is 1. The minimum Gasteiger partial charge on any atom is -0.493 e. The second-order valence-electron chi connectivity index (χ2n) is 4.13. The second kappa shape index (κ2) is 8.82. The van der Waals surface area contributed by atoms with Gasteiger partial charge in [-0.15, -0.1) is 6.58 Å². The highest BCUT2D eigenvalue weighted by Gasteiger charge is 2.01. The molecule has 2 N–H and O–H groups in total. The fraction of sp³-hybridized carbons (Fsp3) is 0.467. The molecule has 2 nitrogen and oxygen atoms in total. The maximum absolute atomic E-state index is 5.79. The zero-order chi connectivity index (χ0) is 12.3. The summed E-state index contributed by atoms with van der Waals surface area (Å²) in [6.07, 6.45) is 7.46. The van der Waals surface area contributed by atoms with Gasteiger partial charge in [-0.3, -0.25) is 0 Å². The van der Waals surface area contributed by atoms with Crippen LogP contribution in [0.5, 0.6) is 5.75 Å². The molecule has 0 fully saturated rings. The van der Waals surface area contributed by atoms with Crippen molar-refractivity contribution in [1.29, 1.82) is 0 Å². The van der Waals surface area contributed by atoms with Crippen LogP contribution in [0.2, 0.25) is 0 Å². The molecule has 1 aromatic carbocycles. The topological polar surface area (TPSA) is 35.2 Å². The number of rotatable bonds is 9. The molecule has 0 bridgehead atoms. The van der Waals surface area contributed by atoms with Crippen LogP contribution in [0, 0.1) is 0 Å². The van der Waals surface area contributed by atoms with Crippen molar-refractivity contribution in [3.05, 3.63) is 42.5 Å². The van der Waals surface area contributed by atoms with Crippen LogP contribution in [0.1, 0.15) is 31.2 Å². The van der Waals surface area contributed by atoms with E-state index < -0.39 is 0 Å². The van der Waals surface area contributed by atoms with E-state index in [0.717, 1.165) is 31.6 Å². The van der Waals surface area contributed by atoms with Crippen LogP contribution < -0.4 is 10.5 Å². The summed E-state index contributed by atoms with van der Waals surface area (Å²) in [5.74, 6) is 0.988. The molecule has 94 valence electrons. The van der Waals surface area contributed by atoms with E-state index >= 15 is 0 Å². The normalized spacial score (nSPS) is 10.2. The molecule has 0 aromatic heterocycles. The smallest absolute Gasteiger partial charge is 0.122 e. The molecule has 0 aliphatic rings. The monoisotopic (exact) mass is 233 g/mol. The van der Waals surface area contributed by atoms with Gasteiger partial charge in [0.2, 0.25) is 0 Å². The summed E-state index contributed by atoms with van der Waals surface area (Å²) in [5.41, 5.74) is 6.78. The second-order valence-corrected chi connectivity index (χ2v) is 4.13. The molecule has 2 heteroatoms. The fourth-order valence-corrected chi connectivity index (χ4v) is 1.76. The number of hydrogen-bond donors (Lipinski definition) is 1. The van der Waals surface area contributed by atoms with Crippen molar-refractivity contribution in [3.63, 3.8) is 0 Å². The summed E-state index contributed by atoms with van der Waals surface area (Å²) in [6.45, 7) is 5.17. The molecule has 0 aliphatic heterocycles. The zero-order valence-electron chi connectivity index (χ0n) is 10.5. The van der Waals surface area contributed by atoms with Crippen LogP contribution in [-0.4, -0.2) is 13.2 Å². The molecule has 1 aromatic rings. The van der Waals surface area contributed by atoms with E-state index in [1.807, 2.05) is 24.3 Å². The van der Waals surface area contributed by atoms with Gasteiger partial charge in [0, 0.05) is 0 Å². The lowest BCUT2D eigenvalue weighted by atomic mass is 10.1. The first-order valence-corrected chi connectivity index (χ1v) is 6.40. The molecule has 0 aliphatic carbocycles. The van der Waals surface area contributed by atoms with Gasteiger partial charge in [-0.1, -0.05) is 24.3 Å². The average Bonchev–Trinajstić information content (AvgIpc) is 2.36. The fourth-order valence-electron chi connectivity index (χ4n) is 1.76. The number of allylic oxidation sites excluding steroid dienone is 1. The lowest BCUT2D eigenvalue weighted by Gasteiger charge is -2.10. The lowest BCUT2D eigenvalue weighted by Crippen LogP contribution is -2.06. The summed E-state index contributed by atoms with van der Waals surface area (Å²) in [5, 5.41) is 0. The van der Waals surface area contributed by atoms with E-state index in [1.54, 1.807) is 0 Å². The van der Waals surface area contributed by atoms with Gasteiger partial charge in [0.05, 0.1) is 6.61 Å². The van der Waals surface area contributed by atoms with Gasteiger partial charge < -0.3 is 10.5 Å². The maximum Gasteiger partial charge on any atom is 0.122 e. The molecule has 0 heterocycles. The standard InChI is InChI=1S/C15H23NO/c1-2-3-4-5-8-13-17-15-10-7-6-9-14(15)11-12-16/h2,6-7,9-10H,1,3-5,8,11-13,16H2. The van der Waals surface area contributed by atoms with E-state index in [0.29, 0.717) is 6.54 Å². The third-order valence-electron chi connectivity index (χ3n) is 2.70. The largest absolute Gasteiger partial charge is 0.493 e. The highest BCUT2D eigenvalue weighted by atomic mass is 16.5. The Morgan fingerprint density at radius 2 is 2.00 bits per heavy atom. The molecule has 1 rings (SSSR count). The van der Waals surface area contributed by atoms with Crippen molar-refractivity contribution < 1.29 is 4.74 Å². The summed E-state index contributed by atoms with van der Waals surface area (Å²) < 4.78 is 5.79. The molecular formula is C15H23NO. The quantitative estimate of drug-likeness (QED) is 0.524. The van der Waals surface area contributed by atoms with Gasteiger partial charge in [0.15, 0.2) is 0 Å². The van der Waals surface area contributed by atoms with Crippen molar-refractivity contribution in [1.82, 2.24) is 0 Å². The molecule has 0 unspecified atom stereocenters. The molecule has 0 atom stereocenters. The van der Waals surface area contributed by atoms with Gasteiger partial charge in [-0.2, -0.15) is 0 Å². The molecule has 0 saturated heterocycles. The summed E-state index contributed by atoms with van der Waals surface area (Å²) >= 11 is 0. The Morgan fingerprint density at radius 1 is 1.18 bits per heavy atom. The van der Waals surface area contributed by atoms with Gasteiger partial charge in [-0.05, 0) is 50.3 Å². The third-order valence-corrected chi connectivity index (χ3v) is 2.70. The van der Waals surface area contributed by atoms with Crippen molar-refractivity contribution in [2.45, 2.75) is 32.1 Å². The molecule has 17 heavy (non-hydrogen) atoms. The Kier molecular flexibility index (Phi) is 7.15. The summed E-state index contributed by atoms with van der Waals surface area (Å²) in [6, 6.07) is 8.14. The first kappa shape index (κ1) is 13.8. The predicted octanol–water partition coefficient (Wildman–Crippen LogP) is 3.31. The number of para-hydroxylation sites is 1.